The molecule has 3 unspecified atom stereocenters. The highest BCUT2D eigenvalue weighted by atomic mass is 79.9. The number of halogens is 1. The van der Waals surface area contributed by atoms with Gasteiger partial charge in [0.05, 0.1) is 5.52 Å². The Morgan fingerprint density at radius 3 is 2.90 bits per heavy atom. The van der Waals surface area contributed by atoms with Crippen LogP contribution in [0.15, 0.2) is 34.9 Å². The molecule has 1 aliphatic carbocycles. The smallest absolute Gasteiger partial charge is 0.0758 e. The average molecular weight is 347 g/mol. The lowest BCUT2D eigenvalue weighted by atomic mass is 9.93. The van der Waals surface area contributed by atoms with Gasteiger partial charge in [-0.15, -0.1) is 0 Å². The van der Waals surface area contributed by atoms with Gasteiger partial charge in [0, 0.05) is 28.6 Å². The van der Waals surface area contributed by atoms with E-state index in [2.05, 4.69) is 58.3 Å². The largest absolute Gasteiger partial charge is 0.310 e. The van der Waals surface area contributed by atoms with Crippen molar-refractivity contribution in [1.82, 2.24) is 10.3 Å². The maximum absolute atomic E-state index is 4.57. The molecule has 0 radical (unpaired) electrons. The topological polar surface area (TPSA) is 24.9 Å². The van der Waals surface area contributed by atoms with Gasteiger partial charge in [-0.3, -0.25) is 4.98 Å². The second-order valence-electron chi connectivity index (χ2n) is 6.20. The van der Waals surface area contributed by atoms with Crippen molar-refractivity contribution in [2.24, 2.45) is 11.8 Å². The Morgan fingerprint density at radius 2 is 2.14 bits per heavy atom. The maximum atomic E-state index is 4.57. The van der Waals surface area contributed by atoms with Crippen LogP contribution in [0, 0.1) is 11.8 Å². The summed E-state index contributed by atoms with van der Waals surface area (Å²) in [5.74, 6) is 1.67. The van der Waals surface area contributed by atoms with E-state index in [4.69, 9.17) is 0 Å². The van der Waals surface area contributed by atoms with Crippen molar-refractivity contribution in [1.29, 1.82) is 0 Å². The molecule has 112 valence electrons. The van der Waals surface area contributed by atoms with Crippen LogP contribution < -0.4 is 5.32 Å². The molecule has 0 saturated heterocycles. The van der Waals surface area contributed by atoms with Crippen LogP contribution in [0.5, 0.6) is 0 Å². The molecule has 0 bridgehead atoms. The standard InChI is InChI=1S/C18H23BrN2/c1-3-13-7-9-17(12(13)2)21-11-14-6-8-16(19)15-5-4-10-20-18(14)15/h4-6,8,10,12-13,17,21H,3,7,9,11H2,1-2H3. The van der Waals surface area contributed by atoms with E-state index in [-0.39, 0.29) is 0 Å². The molecule has 3 rings (SSSR count). The van der Waals surface area contributed by atoms with Gasteiger partial charge < -0.3 is 5.32 Å². The van der Waals surface area contributed by atoms with Crippen molar-refractivity contribution < 1.29 is 0 Å². The molecule has 1 aromatic carbocycles. The van der Waals surface area contributed by atoms with Crippen LogP contribution in [0.2, 0.25) is 0 Å². The lowest BCUT2D eigenvalue weighted by Crippen LogP contribution is -2.32. The molecular weight excluding hydrogens is 324 g/mol. The first-order chi connectivity index (χ1) is 10.2. The van der Waals surface area contributed by atoms with E-state index in [0.29, 0.717) is 6.04 Å². The van der Waals surface area contributed by atoms with Crippen LogP contribution in [-0.4, -0.2) is 11.0 Å². The number of hydrogen-bond donors (Lipinski definition) is 1. The molecule has 3 heteroatoms. The van der Waals surface area contributed by atoms with Gasteiger partial charge >= 0.3 is 0 Å². The van der Waals surface area contributed by atoms with E-state index in [9.17, 15) is 0 Å². The SMILES string of the molecule is CCC1CCC(NCc2ccc(Br)c3cccnc23)C1C. The highest BCUT2D eigenvalue weighted by Gasteiger charge is 2.30. The minimum Gasteiger partial charge on any atom is -0.310 e. The summed E-state index contributed by atoms with van der Waals surface area (Å²) in [4.78, 5) is 4.57. The van der Waals surface area contributed by atoms with Gasteiger partial charge in [-0.2, -0.15) is 0 Å². The second-order valence-corrected chi connectivity index (χ2v) is 7.05. The maximum Gasteiger partial charge on any atom is 0.0758 e. The molecule has 21 heavy (non-hydrogen) atoms. The Morgan fingerprint density at radius 1 is 1.29 bits per heavy atom. The molecular formula is C18H23BrN2. The predicted octanol–water partition coefficient (Wildman–Crippen LogP) is 4.91. The number of nitrogens with zero attached hydrogens (tertiary/aromatic N) is 1. The molecule has 3 atom stereocenters. The highest BCUT2D eigenvalue weighted by Crippen LogP contribution is 2.34. The summed E-state index contributed by atoms with van der Waals surface area (Å²) in [5.41, 5.74) is 2.40. The van der Waals surface area contributed by atoms with E-state index < -0.39 is 0 Å². The molecule has 1 N–H and O–H groups in total. The number of pyridine rings is 1. The van der Waals surface area contributed by atoms with Gasteiger partial charge in [-0.25, -0.2) is 0 Å². The van der Waals surface area contributed by atoms with Crippen molar-refractivity contribution >= 4 is 26.8 Å². The summed E-state index contributed by atoms with van der Waals surface area (Å²) in [6.45, 7) is 5.62. The Labute approximate surface area is 135 Å². The summed E-state index contributed by atoms with van der Waals surface area (Å²) >= 11 is 3.61. The molecule has 2 nitrogen and oxygen atoms in total. The molecule has 1 aromatic heterocycles. The van der Waals surface area contributed by atoms with Gasteiger partial charge in [0.25, 0.3) is 0 Å². The molecule has 1 saturated carbocycles. The van der Waals surface area contributed by atoms with E-state index in [1.807, 2.05) is 12.3 Å². The van der Waals surface area contributed by atoms with Gasteiger partial charge in [0.1, 0.15) is 0 Å². The van der Waals surface area contributed by atoms with E-state index in [0.717, 1.165) is 28.4 Å². The van der Waals surface area contributed by atoms with Gasteiger partial charge in [-0.05, 0) is 42.4 Å². The number of hydrogen-bond acceptors (Lipinski definition) is 2. The summed E-state index contributed by atoms with van der Waals surface area (Å²) in [6, 6.07) is 9.09. The third-order valence-electron chi connectivity index (χ3n) is 5.11. The van der Waals surface area contributed by atoms with Crippen molar-refractivity contribution in [2.75, 3.05) is 0 Å². The third kappa shape index (κ3) is 3.00. The van der Waals surface area contributed by atoms with Crippen LogP contribution in [0.1, 0.15) is 38.7 Å². The van der Waals surface area contributed by atoms with Crippen LogP contribution in [0.25, 0.3) is 10.9 Å². The minimum absolute atomic E-state index is 0.650. The van der Waals surface area contributed by atoms with Crippen LogP contribution in [0.3, 0.4) is 0 Å². The number of benzene rings is 1. The highest BCUT2D eigenvalue weighted by molar-refractivity contribution is 9.10. The van der Waals surface area contributed by atoms with E-state index in [1.165, 1.54) is 30.2 Å². The predicted molar refractivity (Wildman–Crippen MR) is 92.2 cm³/mol. The van der Waals surface area contributed by atoms with Crippen LogP contribution in [-0.2, 0) is 6.54 Å². The Kier molecular flexibility index (Phi) is 4.60. The molecule has 0 aliphatic heterocycles. The van der Waals surface area contributed by atoms with Gasteiger partial charge in [-0.1, -0.05) is 48.3 Å². The summed E-state index contributed by atoms with van der Waals surface area (Å²) in [6.07, 6.45) is 5.86. The normalized spacial score (nSPS) is 25.6. The first-order valence-corrected chi connectivity index (χ1v) is 8.75. The Balaban J connectivity index is 1.76. The van der Waals surface area contributed by atoms with Gasteiger partial charge in [0.2, 0.25) is 0 Å². The number of nitrogens with one attached hydrogen (secondary N) is 1. The molecule has 1 fully saturated rings. The number of aromatic nitrogens is 1. The second kappa shape index (κ2) is 6.45. The fraction of sp³-hybridized carbons (Fsp3) is 0.500. The zero-order valence-electron chi connectivity index (χ0n) is 12.8. The lowest BCUT2D eigenvalue weighted by Gasteiger charge is -2.21. The van der Waals surface area contributed by atoms with Crippen molar-refractivity contribution in [3.8, 4) is 0 Å². The zero-order valence-corrected chi connectivity index (χ0v) is 14.4. The van der Waals surface area contributed by atoms with Crippen molar-refractivity contribution in [2.45, 2.75) is 45.7 Å². The molecule has 0 amide bonds. The first-order valence-electron chi connectivity index (χ1n) is 7.96. The molecule has 0 spiro atoms. The summed E-state index contributed by atoms with van der Waals surface area (Å²) < 4.78 is 1.12. The molecule has 2 aromatic rings. The van der Waals surface area contributed by atoms with E-state index in [1.54, 1.807) is 0 Å². The summed E-state index contributed by atoms with van der Waals surface area (Å²) in [5, 5.41) is 4.97. The quantitative estimate of drug-likeness (QED) is 0.850. The molecule has 1 aliphatic rings. The van der Waals surface area contributed by atoms with Gasteiger partial charge in [0.15, 0.2) is 0 Å². The third-order valence-corrected chi connectivity index (χ3v) is 5.80. The zero-order chi connectivity index (χ0) is 14.8. The fourth-order valence-corrected chi connectivity index (χ4v) is 4.14. The van der Waals surface area contributed by atoms with E-state index >= 15 is 0 Å². The monoisotopic (exact) mass is 346 g/mol. The Bertz CT molecular complexity index is 626. The summed E-state index contributed by atoms with van der Waals surface area (Å²) in [7, 11) is 0. The Hall–Kier alpha value is -0.930. The molecule has 1 heterocycles. The van der Waals surface area contributed by atoms with Crippen LogP contribution >= 0.6 is 15.9 Å². The average Bonchev–Trinajstić information content (AvgIpc) is 2.87. The van der Waals surface area contributed by atoms with Crippen molar-refractivity contribution in [3.63, 3.8) is 0 Å². The first kappa shape index (κ1) is 15.0. The lowest BCUT2D eigenvalue weighted by molar-refractivity contribution is 0.344. The van der Waals surface area contributed by atoms with Crippen molar-refractivity contribution in [3.05, 3.63) is 40.5 Å². The fourth-order valence-electron chi connectivity index (χ4n) is 3.69. The number of rotatable bonds is 4. The minimum atomic E-state index is 0.650. The van der Waals surface area contributed by atoms with Crippen LogP contribution in [0.4, 0.5) is 0 Å². The number of fused-ring (bicyclic) bond motifs is 1.